The number of aromatic hydroxyl groups is 1. The number of aliphatic carboxylic acids is 1. The van der Waals surface area contributed by atoms with Gasteiger partial charge in [0.2, 0.25) is 0 Å². The predicted octanol–water partition coefficient (Wildman–Crippen LogP) is 2.44. The third kappa shape index (κ3) is 3.71. The molecule has 5 nitrogen and oxygen atoms in total. The number of benzene rings is 1. The first-order valence-corrected chi connectivity index (χ1v) is 6.95. The Morgan fingerprint density at radius 1 is 1.24 bits per heavy atom. The van der Waals surface area contributed by atoms with Crippen LogP contribution in [0.4, 0.5) is 4.39 Å². The van der Waals surface area contributed by atoms with Crippen LogP contribution in [0.2, 0.25) is 0 Å². The molecule has 6 heteroatoms. The number of carboxylic acids is 1. The number of phenolic OH excluding ortho intramolecular Hbond substituents is 1. The molecule has 1 aliphatic rings. The Balaban J connectivity index is 2.19. The summed E-state index contributed by atoms with van der Waals surface area (Å²) in [4.78, 5) is 23.3. The van der Waals surface area contributed by atoms with Gasteiger partial charge in [0.05, 0.1) is 17.5 Å². The summed E-state index contributed by atoms with van der Waals surface area (Å²) in [5.41, 5.74) is -0.839. The Bertz CT molecular complexity index is 553. The van der Waals surface area contributed by atoms with Gasteiger partial charge in [-0.05, 0) is 25.0 Å². The fourth-order valence-electron chi connectivity index (χ4n) is 2.87. The summed E-state index contributed by atoms with van der Waals surface area (Å²) in [6, 6.07) is 3.14. The maximum Gasteiger partial charge on any atom is 0.305 e. The molecule has 0 spiro atoms. The van der Waals surface area contributed by atoms with Crippen molar-refractivity contribution < 1.29 is 24.2 Å². The monoisotopic (exact) mass is 295 g/mol. The average Bonchev–Trinajstić information content (AvgIpc) is 2.38. The lowest BCUT2D eigenvalue weighted by molar-refractivity contribution is -0.139. The molecule has 0 aliphatic heterocycles. The Morgan fingerprint density at radius 3 is 2.48 bits per heavy atom. The summed E-state index contributed by atoms with van der Waals surface area (Å²) in [6.45, 7) is 0. The molecule has 1 aromatic carbocycles. The molecule has 0 saturated heterocycles. The van der Waals surface area contributed by atoms with Crippen LogP contribution < -0.4 is 5.32 Å². The minimum Gasteiger partial charge on any atom is -0.507 e. The first kappa shape index (κ1) is 15.3. The van der Waals surface area contributed by atoms with Gasteiger partial charge < -0.3 is 15.5 Å². The zero-order valence-corrected chi connectivity index (χ0v) is 11.6. The van der Waals surface area contributed by atoms with Crippen LogP contribution in [0.3, 0.4) is 0 Å². The number of carboxylic acid groups (broad SMARTS) is 1. The smallest absolute Gasteiger partial charge is 0.305 e. The fraction of sp³-hybridized carbons (Fsp3) is 0.467. The van der Waals surface area contributed by atoms with Crippen LogP contribution in [-0.2, 0) is 4.79 Å². The van der Waals surface area contributed by atoms with Crippen LogP contribution >= 0.6 is 0 Å². The van der Waals surface area contributed by atoms with Crippen LogP contribution in [0.25, 0.3) is 0 Å². The van der Waals surface area contributed by atoms with E-state index in [0.29, 0.717) is 12.8 Å². The highest BCUT2D eigenvalue weighted by Crippen LogP contribution is 2.32. The van der Waals surface area contributed by atoms with Crippen molar-refractivity contribution >= 4 is 11.9 Å². The van der Waals surface area contributed by atoms with Gasteiger partial charge in [-0.3, -0.25) is 9.59 Å². The fourth-order valence-corrected chi connectivity index (χ4v) is 2.87. The van der Waals surface area contributed by atoms with E-state index in [9.17, 15) is 19.1 Å². The number of phenols is 1. The maximum absolute atomic E-state index is 12.9. The minimum absolute atomic E-state index is 0.0493. The van der Waals surface area contributed by atoms with Crippen molar-refractivity contribution in [2.75, 3.05) is 0 Å². The van der Waals surface area contributed by atoms with Gasteiger partial charge in [0.25, 0.3) is 5.91 Å². The van der Waals surface area contributed by atoms with Gasteiger partial charge >= 0.3 is 5.97 Å². The Labute approximate surface area is 121 Å². The number of rotatable bonds is 4. The molecule has 0 radical (unpaired) electrons. The Kier molecular flexibility index (Phi) is 4.45. The third-order valence-corrected chi connectivity index (χ3v) is 3.88. The van der Waals surface area contributed by atoms with Gasteiger partial charge in [-0.2, -0.15) is 0 Å². The molecule has 114 valence electrons. The standard InChI is InChI=1S/C15H18FNO4/c16-10-4-5-11(12(18)8-10)14(21)17-15(9-13(19)20)6-2-1-3-7-15/h4-5,8,18H,1-3,6-7,9H2,(H,17,21)(H,19,20). The first-order chi connectivity index (χ1) is 9.92. The summed E-state index contributed by atoms with van der Waals surface area (Å²) >= 11 is 0. The normalized spacial score (nSPS) is 17.2. The summed E-state index contributed by atoms with van der Waals surface area (Å²) in [5, 5.41) is 21.4. The largest absolute Gasteiger partial charge is 0.507 e. The van der Waals surface area contributed by atoms with Crippen molar-refractivity contribution in [1.82, 2.24) is 5.32 Å². The number of carbonyl (C=O) groups is 2. The highest BCUT2D eigenvalue weighted by Gasteiger charge is 2.36. The van der Waals surface area contributed by atoms with Crippen LogP contribution in [0, 0.1) is 5.82 Å². The molecule has 1 fully saturated rings. The first-order valence-electron chi connectivity index (χ1n) is 6.95. The van der Waals surface area contributed by atoms with Crippen molar-refractivity contribution in [2.45, 2.75) is 44.1 Å². The van der Waals surface area contributed by atoms with E-state index < -0.39 is 29.0 Å². The molecule has 2 rings (SSSR count). The topological polar surface area (TPSA) is 86.6 Å². The number of carbonyl (C=O) groups excluding carboxylic acids is 1. The van der Waals surface area contributed by atoms with Gasteiger partial charge in [-0.15, -0.1) is 0 Å². The van der Waals surface area contributed by atoms with Gasteiger partial charge in [0.1, 0.15) is 11.6 Å². The van der Waals surface area contributed by atoms with Crippen molar-refractivity contribution in [3.63, 3.8) is 0 Å². The molecule has 3 N–H and O–H groups in total. The van der Waals surface area contributed by atoms with Crippen molar-refractivity contribution in [2.24, 2.45) is 0 Å². The molecule has 21 heavy (non-hydrogen) atoms. The molecule has 0 unspecified atom stereocenters. The summed E-state index contributed by atoms with van der Waals surface area (Å²) in [6.07, 6.45) is 3.74. The number of halogens is 1. The lowest BCUT2D eigenvalue weighted by Crippen LogP contribution is -2.51. The zero-order chi connectivity index (χ0) is 15.5. The second kappa shape index (κ2) is 6.11. The van der Waals surface area contributed by atoms with E-state index in [-0.39, 0.29) is 12.0 Å². The lowest BCUT2D eigenvalue weighted by atomic mass is 9.79. The van der Waals surface area contributed by atoms with E-state index >= 15 is 0 Å². The molecule has 1 saturated carbocycles. The van der Waals surface area contributed by atoms with E-state index in [4.69, 9.17) is 5.11 Å². The maximum atomic E-state index is 12.9. The SMILES string of the molecule is O=C(O)CC1(NC(=O)c2ccc(F)cc2O)CCCCC1. The second-order valence-electron chi connectivity index (χ2n) is 5.53. The van der Waals surface area contributed by atoms with Crippen LogP contribution in [0.1, 0.15) is 48.9 Å². The molecular weight excluding hydrogens is 277 g/mol. The molecule has 1 aliphatic carbocycles. The third-order valence-electron chi connectivity index (χ3n) is 3.88. The molecule has 0 bridgehead atoms. The lowest BCUT2D eigenvalue weighted by Gasteiger charge is -2.37. The quantitative estimate of drug-likeness (QED) is 0.796. The summed E-state index contributed by atoms with van der Waals surface area (Å²) in [7, 11) is 0. The molecule has 1 amide bonds. The minimum atomic E-state index is -0.972. The van der Waals surface area contributed by atoms with E-state index in [1.54, 1.807) is 0 Å². The average molecular weight is 295 g/mol. The molecule has 1 aromatic rings. The zero-order valence-electron chi connectivity index (χ0n) is 11.6. The summed E-state index contributed by atoms with van der Waals surface area (Å²) in [5.74, 6) is -2.63. The van der Waals surface area contributed by atoms with Crippen molar-refractivity contribution in [3.05, 3.63) is 29.6 Å². The molecule has 0 aromatic heterocycles. The second-order valence-corrected chi connectivity index (χ2v) is 5.53. The van der Waals surface area contributed by atoms with Gasteiger partial charge in [-0.25, -0.2) is 4.39 Å². The van der Waals surface area contributed by atoms with E-state index in [2.05, 4.69) is 5.32 Å². The Morgan fingerprint density at radius 2 is 1.90 bits per heavy atom. The van der Waals surface area contributed by atoms with E-state index in [0.717, 1.165) is 31.4 Å². The van der Waals surface area contributed by atoms with Crippen LogP contribution in [-0.4, -0.2) is 27.6 Å². The van der Waals surface area contributed by atoms with Crippen LogP contribution in [0.5, 0.6) is 5.75 Å². The van der Waals surface area contributed by atoms with Gasteiger partial charge in [-0.1, -0.05) is 19.3 Å². The molecule has 0 atom stereocenters. The molecule has 0 heterocycles. The number of hydrogen-bond acceptors (Lipinski definition) is 3. The highest BCUT2D eigenvalue weighted by atomic mass is 19.1. The van der Waals surface area contributed by atoms with Gasteiger partial charge in [0, 0.05) is 6.07 Å². The van der Waals surface area contributed by atoms with Crippen LogP contribution in [0.15, 0.2) is 18.2 Å². The van der Waals surface area contributed by atoms with E-state index in [1.165, 1.54) is 6.07 Å². The number of amides is 1. The van der Waals surface area contributed by atoms with Gasteiger partial charge in [0.15, 0.2) is 0 Å². The van der Waals surface area contributed by atoms with E-state index in [1.807, 2.05) is 0 Å². The Hall–Kier alpha value is -2.11. The highest BCUT2D eigenvalue weighted by molar-refractivity contribution is 5.97. The van der Waals surface area contributed by atoms with Crippen molar-refractivity contribution in [1.29, 1.82) is 0 Å². The number of nitrogens with one attached hydrogen (secondary N) is 1. The molecular formula is C15H18FNO4. The predicted molar refractivity (Wildman–Crippen MR) is 73.6 cm³/mol. The summed E-state index contributed by atoms with van der Waals surface area (Å²) < 4.78 is 12.9. The van der Waals surface area contributed by atoms with Crippen molar-refractivity contribution in [3.8, 4) is 5.75 Å². The number of hydrogen-bond donors (Lipinski definition) is 3.